The molecule has 0 spiro atoms. The van der Waals surface area contributed by atoms with Gasteiger partial charge in [0.2, 0.25) is 17.7 Å². The number of amides is 5. The third kappa shape index (κ3) is 17.8. The Hall–Kier alpha value is -3.47. The Morgan fingerprint density at radius 3 is 2.10 bits per heavy atom. The minimum Gasteiger partial charge on any atom is -0.372 e. The lowest BCUT2D eigenvalue weighted by molar-refractivity contribution is -0.126. The van der Waals surface area contributed by atoms with Crippen molar-refractivity contribution in [1.29, 1.82) is 0 Å². The molecule has 0 aliphatic carbocycles. The van der Waals surface area contributed by atoms with Gasteiger partial charge in [-0.25, -0.2) is 4.79 Å². The predicted octanol–water partition coefficient (Wildman–Crippen LogP) is 2.37. The van der Waals surface area contributed by atoms with E-state index >= 15 is 0 Å². The van der Waals surface area contributed by atoms with E-state index < -0.39 is 0 Å². The third-order valence-corrected chi connectivity index (χ3v) is 6.52. The fourth-order valence-electron chi connectivity index (χ4n) is 4.14. The second-order valence-electron chi connectivity index (χ2n) is 9.93. The van der Waals surface area contributed by atoms with Crippen molar-refractivity contribution in [2.45, 2.75) is 78.2 Å². The number of Topliss-reactive ketones (excluding diaryl/α,β-unsaturated/α-hetero) is 1. The summed E-state index contributed by atoms with van der Waals surface area (Å²) in [7, 11) is 1.55. The van der Waals surface area contributed by atoms with E-state index in [1.807, 2.05) is 31.2 Å². The van der Waals surface area contributed by atoms with Crippen LogP contribution in [0.2, 0.25) is 0 Å². The molecule has 1 rings (SSSR count). The van der Waals surface area contributed by atoms with Gasteiger partial charge in [0.15, 0.2) is 0 Å². The molecule has 41 heavy (non-hydrogen) atoms. The summed E-state index contributed by atoms with van der Waals surface area (Å²) in [5.41, 5.74) is 1.73. The average molecular weight is 576 g/mol. The Balaban J connectivity index is 2.07. The molecule has 0 aliphatic rings. The van der Waals surface area contributed by atoms with Gasteiger partial charge in [-0.2, -0.15) is 0 Å². The lowest BCUT2D eigenvalue weighted by Gasteiger charge is -2.14. The van der Waals surface area contributed by atoms with Crippen LogP contribution in [0.3, 0.4) is 0 Å². The van der Waals surface area contributed by atoms with Gasteiger partial charge in [-0.15, -0.1) is 0 Å². The van der Waals surface area contributed by atoms with Crippen LogP contribution < -0.4 is 26.6 Å². The van der Waals surface area contributed by atoms with Crippen molar-refractivity contribution in [2.24, 2.45) is 5.92 Å². The average Bonchev–Trinajstić information content (AvgIpc) is 2.97. The zero-order valence-corrected chi connectivity index (χ0v) is 24.9. The molecule has 230 valence electrons. The van der Waals surface area contributed by atoms with Crippen molar-refractivity contribution < 1.29 is 28.7 Å². The zero-order chi connectivity index (χ0) is 30.3. The van der Waals surface area contributed by atoms with Crippen LogP contribution >= 0.6 is 0 Å². The molecule has 5 N–H and O–H groups in total. The maximum atomic E-state index is 12.0. The number of unbranched alkanes of at least 4 members (excludes halogenated alkanes) is 1. The molecule has 0 fully saturated rings. The monoisotopic (exact) mass is 575 g/mol. The summed E-state index contributed by atoms with van der Waals surface area (Å²) < 4.78 is 5.39. The molecule has 0 saturated carbocycles. The fraction of sp³-hybridized carbons (Fsp3) is 0.633. The van der Waals surface area contributed by atoms with Crippen molar-refractivity contribution in [3.8, 4) is 0 Å². The lowest BCUT2D eigenvalue weighted by Crippen LogP contribution is -2.37. The standard InChI is InChI=1S/C30H49N5O6/c1-4-9-25(26(36)5-2)10-6-7-16-33-30(40)34-17-8-19-41-22-29(39)35-21-24-13-11-23(12-14-24)20-28(38)32-18-15-27(37)31-3/h11-14,25H,4-10,15-22H2,1-3H3,(H,31,37)(H,32,38)(H,35,39)(H2,33,34,40). The van der Waals surface area contributed by atoms with Crippen molar-refractivity contribution in [2.75, 3.05) is 39.9 Å². The summed E-state index contributed by atoms with van der Waals surface area (Å²) >= 11 is 0. The van der Waals surface area contributed by atoms with Crippen molar-refractivity contribution in [3.05, 3.63) is 35.4 Å². The first-order chi connectivity index (χ1) is 19.8. The Labute approximate surface area is 244 Å². The summed E-state index contributed by atoms with van der Waals surface area (Å²) in [6.07, 6.45) is 6.20. The van der Waals surface area contributed by atoms with E-state index in [1.165, 1.54) is 0 Å². The van der Waals surface area contributed by atoms with Gasteiger partial charge in [0, 0.05) is 58.6 Å². The number of carbonyl (C=O) groups excluding carboxylic acids is 5. The minimum absolute atomic E-state index is 0.0694. The van der Waals surface area contributed by atoms with E-state index in [0.717, 1.165) is 43.2 Å². The molecule has 0 heterocycles. The number of hydrogen-bond acceptors (Lipinski definition) is 6. The normalized spacial score (nSPS) is 11.3. The van der Waals surface area contributed by atoms with Gasteiger partial charge in [0.1, 0.15) is 12.4 Å². The van der Waals surface area contributed by atoms with Crippen LogP contribution in [-0.4, -0.2) is 69.4 Å². The number of urea groups is 1. The minimum atomic E-state index is -0.239. The highest BCUT2D eigenvalue weighted by Gasteiger charge is 2.15. The largest absolute Gasteiger partial charge is 0.372 e. The molecule has 1 aromatic carbocycles. The Bertz CT molecular complexity index is 938. The van der Waals surface area contributed by atoms with Crippen molar-refractivity contribution in [3.63, 3.8) is 0 Å². The topological polar surface area (TPSA) is 155 Å². The predicted molar refractivity (Wildman–Crippen MR) is 158 cm³/mol. The summed E-state index contributed by atoms with van der Waals surface area (Å²) in [6, 6.07) is 7.13. The molecule has 0 aromatic heterocycles. The van der Waals surface area contributed by atoms with Crippen LogP contribution in [0, 0.1) is 5.92 Å². The Morgan fingerprint density at radius 2 is 1.44 bits per heavy atom. The molecule has 11 heteroatoms. The van der Waals surface area contributed by atoms with E-state index in [2.05, 4.69) is 33.5 Å². The molecule has 0 bridgehead atoms. The highest BCUT2D eigenvalue weighted by atomic mass is 16.5. The third-order valence-electron chi connectivity index (χ3n) is 6.52. The van der Waals surface area contributed by atoms with Crippen LogP contribution in [0.4, 0.5) is 4.79 Å². The van der Waals surface area contributed by atoms with Crippen LogP contribution in [0.15, 0.2) is 24.3 Å². The SMILES string of the molecule is CCCC(CCCCNC(=O)NCCCOCC(=O)NCc1ccc(CC(=O)NCCC(=O)NC)cc1)C(=O)CC. The van der Waals surface area contributed by atoms with Crippen LogP contribution in [0.25, 0.3) is 0 Å². The molecular weight excluding hydrogens is 526 g/mol. The highest BCUT2D eigenvalue weighted by molar-refractivity contribution is 5.81. The van der Waals surface area contributed by atoms with E-state index in [-0.39, 0.29) is 49.1 Å². The molecule has 11 nitrogen and oxygen atoms in total. The van der Waals surface area contributed by atoms with E-state index in [0.29, 0.717) is 51.4 Å². The number of nitrogens with one attached hydrogen (secondary N) is 5. The van der Waals surface area contributed by atoms with Crippen LogP contribution in [0.5, 0.6) is 0 Å². The first-order valence-electron chi connectivity index (χ1n) is 14.7. The fourth-order valence-corrected chi connectivity index (χ4v) is 4.14. The van der Waals surface area contributed by atoms with Gasteiger partial charge in [-0.1, -0.05) is 51.0 Å². The van der Waals surface area contributed by atoms with Gasteiger partial charge in [0.25, 0.3) is 0 Å². The van der Waals surface area contributed by atoms with Gasteiger partial charge in [-0.05, 0) is 36.8 Å². The second kappa shape index (κ2) is 22.2. The van der Waals surface area contributed by atoms with Gasteiger partial charge in [0.05, 0.1) is 6.42 Å². The molecule has 0 saturated heterocycles. The van der Waals surface area contributed by atoms with Gasteiger partial charge in [-0.3, -0.25) is 19.2 Å². The molecular formula is C30H49N5O6. The molecule has 1 atom stereocenters. The molecule has 0 aliphatic heterocycles. The second-order valence-corrected chi connectivity index (χ2v) is 9.93. The van der Waals surface area contributed by atoms with Crippen molar-refractivity contribution in [1.82, 2.24) is 26.6 Å². The number of hydrogen-bond donors (Lipinski definition) is 5. The van der Waals surface area contributed by atoms with Gasteiger partial charge >= 0.3 is 6.03 Å². The molecule has 1 aromatic rings. The number of rotatable bonds is 22. The van der Waals surface area contributed by atoms with Crippen LogP contribution in [-0.2, 0) is 36.9 Å². The van der Waals surface area contributed by atoms with E-state index in [9.17, 15) is 24.0 Å². The molecule has 5 amide bonds. The Morgan fingerprint density at radius 1 is 0.756 bits per heavy atom. The first kappa shape index (κ1) is 35.6. The maximum Gasteiger partial charge on any atom is 0.314 e. The van der Waals surface area contributed by atoms with Crippen LogP contribution in [0.1, 0.15) is 76.3 Å². The number of carbonyl (C=O) groups is 5. The Kier molecular flexibility index (Phi) is 19.3. The quantitative estimate of drug-likeness (QED) is 0.134. The summed E-state index contributed by atoms with van der Waals surface area (Å²) in [5, 5.41) is 13.6. The zero-order valence-electron chi connectivity index (χ0n) is 24.9. The maximum absolute atomic E-state index is 12.0. The highest BCUT2D eigenvalue weighted by Crippen LogP contribution is 2.17. The van der Waals surface area contributed by atoms with Gasteiger partial charge < -0.3 is 31.3 Å². The summed E-state index contributed by atoms with van der Waals surface area (Å²) in [6.45, 7) is 5.93. The first-order valence-corrected chi connectivity index (χ1v) is 14.7. The summed E-state index contributed by atoms with van der Waals surface area (Å²) in [4.78, 5) is 59.0. The number of ketones is 1. The smallest absolute Gasteiger partial charge is 0.314 e. The summed E-state index contributed by atoms with van der Waals surface area (Å²) in [5.74, 6) is -0.0407. The van der Waals surface area contributed by atoms with Crippen molar-refractivity contribution >= 4 is 29.5 Å². The number of benzene rings is 1. The molecule has 1 unspecified atom stereocenters. The van der Waals surface area contributed by atoms with E-state index in [1.54, 1.807) is 7.05 Å². The lowest BCUT2D eigenvalue weighted by atomic mass is 9.91. The number of ether oxygens (including phenoxy) is 1. The van der Waals surface area contributed by atoms with E-state index in [4.69, 9.17) is 4.74 Å². The molecule has 0 radical (unpaired) electrons.